The van der Waals surface area contributed by atoms with Crippen LogP contribution in [0.5, 0.6) is 0 Å². The largest absolute Gasteiger partial charge is 0.411 e. The van der Waals surface area contributed by atoms with E-state index in [1.54, 1.807) is 24.3 Å². The minimum Gasteiger partial charge on any atom is -0.411 e. The second kappa shape index (κ2) is 7.84. The molecule has 0 aliphatic heterocycles. The van der Waals surface area contributed by atoms with Crippen LogP contribution in [0.4, 0.5) is 5.69 Å². The quantitative estimate of drug-likeness (QED) is 0.374. The van der Waals surface area contributed by atoms with Gasteiger partial charge in [-0.3, -0.25) is 14.9 Å². The summed E-state index contributed by atoms with van der Waals surface area (Å²) in [5.74, 6) is -0.649. The molecule has 9 heteroatoms. The lowest BCUT2D eigenvalue weighted by molar-refractivity contribution is -0.384. The minimum atomic E-state index is -0.649. The van der Waals surface area contributed by atoms with Crippen molar-refractivity contribution in [3.8, 4) is 0 Å². The molecule has 0 aromatic heterocycles. The molecule has 0 spiro atoms. The van der Waals surface area contributed by atoms with Crippen LogP contribution in [0.1, 0.15) is 15.9 Å². The molecule has 0 atom stereocenters. The fraction of sp³-hybridized carbons (Fsp3) is 0. The van der Waals surface area contributed by atoms with Crippen LogP contribution in [-0.2, 0) is 0 Å². The smallest absolute Gasteiger partial charge is 0.271 e. The molecule has 0 bridgehead atoms. The zero-order chi connectivity index (χ0) is 17.5. The number of benzene rings is 2. The highest BCUT2D eigenvalue weighted by molar-refractivity contribution is 6.39. The Balaban J connectivity index is 2.24. The van der Waals surface area contributed by atoms with Crippen molar-refractivity contribution in [2.24, 2.45) is 10.3 Å². The number of nitrogens with one attached hydrogen (secondary N) is 1. The molecule has 0 aliphatic carbocycles. The van der Waals surface area contributed by atoms with Gasteiger partial charge in [0.1, 0.15) is 5.71 Å². The molecule has 2 rings (SSSR count). The van der Waals surface area contributed by atoms with Crippen molar-refractivity contribution in [3.05, 3.63) is 74.8 Å². The summed E-state index contributed by atoms with van der Waals surface area (Å²) in [6.07, 6.45) is 1.03. The number of nitro groups is 1. The Hall–Kier alpha value is -3.26. The molecule has 2 N–H and O–H groups in total. The van der Waals surface area contributed by atoms with Crippen LogP contribution in [0, 0.1) is 10.1 Å². The number of rotatable bonds is 5. The molecular formula is C15H11ClN4O4. The van der Waals surface area contributed by atoms with Gasteiger partial charge in [-0.05, 0) is 18.2 Å². The molecule has 0 unspecified atom stereocenters. The summed E-state index contributed by atoms with van der Waals surface area (Å²) in [6.45, 7) is 0. The highest BCUT2D eigenvalue weighted by Gasteiger charge is 2.11. The average molecular weight is 347 g/mol. The van der Waals surface area contributed by atoms with E-state index in [2.05, 4.69) is 15.7 Å². The first-order valence-electron chi connectivity index (χ1n) is 6.57. The zero-order valence-electron chi connectivity index (χ0n) is 12.1. The number of nitro benzene ring substituents is 1. The van der Waals surface area contributed by atoms with E-state index < -0.39 is 10.8 Å². The summed E-state index contributed by atoms with van der Waals surface area (Å²) in [6, 6.07) is 11.8. The molecule has 0 saturated heterocycles. The molecule has 1 amide bonds. The predicted molar refractivity (Wildman–Crippen MR) is 88.8 cm³/mol. The van der Waals surface area contributed by atoms with Gasteiger partial charge in [-0.25, -0.2) is 5.43 Å². The van der Waals surface area contributed by atoms with E-state index in [-0.39, 0.29) is 17.0 Å². The van der Waals surface area contributed by atoms with Crippen molar-refractivity contribution in [1.82, 2.24) is 5.43 Å². The molecule has 122 valence electrons. The number of halogens is 1. The summed E-state index contributed by atoms with van der Waals surface area (Å²) in [4.78, 5) is 22.2. The van der Waals surface area contributed by atoms with E-state index in [1.165, 1.54) is 18.2 Å². The van der Waals surface area contributed by atoms with E-state index >= 15 is 0 Å². The molecule has 0 radical (unpaired) electrons. The number of carbonyl (C=O) groups excluding carboxylic acids is 1. The highest BCUT2D eigenvalue weighted by atomic mass is 35.5. The second-order valence-corrected chi connectivity index (χ2v) is 4.94. The number of amides is 1. The van der Waals surface area contributed by atoms with Crippen molar-refractivity contribution in [2.75, 3.05) is 0 Å². The molecule has 2 aromatic rings. The topological polar surface area (TPSA) is 117 Å². The molecule has 0 saturated carbocycles. The summed E-state index contributed by atoms with van der Waals surface area (Å²) in [5, 5.41) is 26.6. The summed E-state index contributed by atoms with van der Waals surface area (Å²) < 4.78 is 0. The summed E-state index contributed by atoms with van der Waals surface area (Å²) in [7, 11) is 0. The lowest BCUT2D eigenvalue weighted by Gasteiger charge is -2.04. The van der Waals surface area contributed by atoms with Gasteiger partial charge in [0.05, 0.1) is 11.1 Å². The first-order chi connectivity index (χ1) is 11.5. The summed E-state index contributed by atoms with van der Waals surface area (Å²) >= 11 is 5.88. The Kier molecular flexibility index (Phi) is 5.58. The monoisotopic (exact) mass is 346 g/mol. The zero-order valence-corrected chi connectivity index (χ0v) is 12.8. The fourth-order valence-corrected chi connectivity index (χ4v) is 2.00. The third-order valence-electron chi connectivity index (χ3n) is 2.90. The Morgan fingerprint density at radius 3 is 2.58 bits per heavy atom. The van der Waals surface area contributed by atoms with Crippen LogP contribution >= 0.6 is 11.6 Å². The van der Waals surface area contributed by atoms with Gasteiger partial charge in [0, 0.05) is 28.3 Å². The van der Waals surface area contributed by atoms with Crippen molar-refractivity contribution >= 4 is 35.1 Å². The van der Waals surface area contributed by atoms with Gasteiger partial charge < -0.3 is 5.21 Å². The minimum absolute atomic E-state index is 0.0688. The van der Waals surface area contributed by atoms with Gasteiger partial charge in [0.2, 0.25) is 0 Å². The maximum absolute atomic E-state index is 12.1. The van der Waals surface area contributed by atoms with Crippen molar-refractivity contribution in [3.63, 3.8) is 0 Å². The van der Waals surface area contributed by atoms with Gasteiger partial charge in [0.15, 0.2) is 0 Å². The van der Waals surface area contributed by atoms with Crippen molar-refractivity contribution in [2.45, 2.75) is 0 Å². The van der Waals surface area contributed by atoms with E-state index in [4.69, 9.17) is 16.8 Å². The SMILES string of the molecule is O=C(NN=C(C=NO)c1cccc(Cl)c1)c1cccc([N+](=O)[O-])c1. The number of nitrogens with zero attached hydrogens (tertiary/aromatic N) is 3. The molecule has 0 aliphatic rings. The molecule has 8 nitrogen and oxygen atoms in total. The van der Waals surface area contributed by atoms with E-state index in [0.717, 1.165) is 12.3 Å². The number of carbonyl (C=O) groups is 1. The predicted octanol–water partition coefficient (Wildman–Crippen LogP) is 2.84. The molecular weight excluding hydrogens is 336 g/mol. The molecule has 24 heavy (non-hydrogen) atoms. The van der Waals surface area contributed by atoms with Crippen LogP contribution in [0.2, 0.25) is 5.02 Å². The van der Waals surface area contributed by atoms with E-state index in [9.17, 15) is 14.9 Å². The van der Waals surface area contributed by atoms with E-state index in [0.29, 0.717) is 10.6 Å². The average Bonchev–Trinajstić information content (AvgIpc) is 2.58. The molecule has 0 fully saturated rings. The van der Waals surface area contributed by atoms with Gasteiger partial charge in [-0.1, -0.05) is 35.0 Å². The van der Waals surface area contributed by atoms with Gasteiger partial charge in [-0.2, -0.15) is 5.10 Å². The number of non-ortho nitro benzene ring substituents is 1. The fourth-order valence-electron chi connectivity index (χ4n) is 1.81. The van der Waals surface area contributed by atoms with Crippen molar-refractivity contribution in [1.29, 1.82) is 0 Å². The van der Waals surface area contributed by atoms with Gasteiger partial charge in [-0.15, -0.1) is 0 Å². The molecule has 2 aromatic carbocycles. The Labute approximate surface area is 141 Å². The maximum atomic E-state index is 12.1. The van der Waals surface area contributed by atoms with E-state index in [1.807, 2.05) is 0 Å². The number of hydrazone groups is 1. The van der Waals surface area contributed by atoms with Gasteiger partial charge >= 0.3 is 0 Å². The van der Waals surface area contributed by atoms with Crippen LogP contribution in [0.15, 0.2) is 58.8 Å². The third-order valence-corrected chi connectivity index (χ3v) is 3.13. The standard InChI is InChI=1S/C15H11ClN4O4/c16-12-5-1-3-10(7-12)14(9-17-22)18-19-15(21)11-4-2-6-13(8-11)20(23)24/h1-9,22H,(H,19,21). The lowest BCUT2D eigenvalue weighted by Crippen LogP contribution is -2.20. The highest BCUT2D eigenvalue weighted by Crippen LogP contribution is 2.13. The second-order valence-electron chi connectivity index (χ2n) is 4.50. The number of oxime groups is 1. The maximum Gasteiger partial charge on any atom is 0.271 e. The van der Waals surface area contributed by atoms with Crippen molar-refractivity contribution < 1.29 is 14.9 Å². The number of hydrogen-bond acceptors (Lipinski definition) is 6. The van der Waals surface area contributed by atoms with Crippen LogP contribution < -0.4 is 5.43 Å². The van der Waals surface area contributed by atoms with Gasteiger partial charge in [0.25, 0.3) is 11.6 Å². The first-order valence-corrected chi connectivity index (χ1v) is 6.95. The Morgan fingerprint density at radius 1 is 1.21 bits per heavy atom. The first kappa shape index (κ1) is 17.1. The van der Waals surface area contributed by atoms with Crippen LogP contribution in [-0.4, -0.2) is 28.0 Å². The Bertz CT molecular complexity index is 836. The lowest BCUT2D eigenvalue weighted by atomic mass is 10.1. The molecule has 0 heterocycles. The van der Waals surface area contributed by atoms with Crippen LogP contribution in [0.3, 0.4) is 0 Å². The Morgan fingerprint density at radius 2 is 1.92 bits per heavy atom. The third kappa shape index (κ3) is 4.37. The number of hydrogen-bond donors (Lipinski definition) is 2. The van der Waals surface area contributed by atoms with Crippen LogP contribution in [0.25, 0.3) is 0 Å². The normalized spacial score (nSPS) is 11.5. The summed E-state index contributed by atoms with van der Waals surface area (Å²) in [5.41, 5.74) is 2.77.